The van der Waals surface area contributed by atoms with Crippen LogP contribution in [-0.2, 0) is 9.47 Å². The molecular weight excluding hydrogens is 304 g/mol. The van der Waals surface area contributed by atoms with E-state index in [1.807, 2.05) is 19.1 Å². The van der Waals surface area contributed by atoms with E-state index in [2.05, 4.69) is 0 Å². The average Bonchev–Trinajstić information content (AvgIpc) is 2.46. The Morgan fingerprint density at radius 2 is 1.65 bits per heavy atom. The minimum Gasteiger partial charge on any atom is -0.429 e. The minimum atomic E-state index is -1.61. The van der Waals surface area contributed by atoms with Gasteiger partial charge in [0.05, 0.1) is 12.2 Å². The molecule has 1 heterocycles. The van der Waals surface area contributed by atoms with E-state index < -0.39 is 43.3 Å². The maximum atomic E-state index is 12.4. The van der Waals surface area contributed by atoms with E-state index in [1.54, 1.807) is 13.8 Å². The first-order valence-electron chi connectivity index (χ1n) is 7.35. The molecule has 1 aromatic rings. The van der Waals surface area contributed by atoms with Gasteiger partial charge >= 0.3 is 5.97 Å². The zero-order valence-electron chi connectivity index (χ0n) is 13.3. The van der Waals surface area contributed by atoms with Crippen LogP contribution in [0, 0.1) is 20.8 Å². The second-order valence-corrected chi connectivity index (χ2v) is 5.88. The number of carbonyl (C=O) groups excluding carboxylic acids is 1. The SMILES string of the molecule is Cc1cc(C)c(C(=O)O[C@H]2O[C@H](CO)[C@H](O)[C@H](O)[C@H]2O)c(C)c1. The Morgan fingerprint density at radius 1 is 1.09 bits per heavy atom. The van der Waals surface area contributed by atoms with Crippen molar-refractivity contribution in [2.75, 3.05) is 6.61 Å². The number of aryl methyl sites for hydroxylation is 3. The highest BCUT2D eigenvalue weighted by atomic mass is 16.7. The molecule has 1 aromatic carbocycles. The molecule has 2 rings (SSSR count). The summed E-state index contributed by atoms with van der Waals surface area (Å²) >= 11 is 0. The van der Waals surface area contributed by atoms with Crippen molar-refractivity contribution in [1.29, 1.82) is 0 Å². The lowest BCUT2D eigenvalue weighted by Gasteiger charge is -2.39. The van der Waals surface area contributed by atoms with Gasteiger partial charge in [-0.05, 0) is 31.9 Å². The molecule has 0 unspecified atom stereocenters. The van der Waals surface area contributed by atoms with E-state index in [1.165, 1.54) is 0 Å². The smallest absolute Gasteiger partial charge is 0.341 e. The largest absolute Gasteiger partial charge is 0.429 e. The van der Waals surface area contributed by atoms with Crippen molar-refractivity contribution in [3.05, 3.63) is 34.4 Å². The van der Waals surface area contributed by atoms with E-state index in [0.29, 0.717) is 5.56 Å². The highest BCUT2D eigenvalue weighted by molar-refractivity contribution is 5.92. The predicted octanol–water partition coefficient (Wildman–Crippen LogP) is -0.431. The van der Waals surface area contributed by atoms with E-state index >= 15 is 0 Å². The number of aliphatic hydroxyl groups is 4. The van der Waals surface area contributed by atoms with Crippen molar-refractivity contribution in [1.82, 2.24) is 0 Å². The molecule has 128 valence electrons. The number of hydrogen-bond acceptors (Lipinski definition) is 7. The first kappa shape index (κ1) is 17.8. The lowest BCUT2D eigenvalue weighted by atomic mass is 9.98. The summed E-state index contributed by atoms with van der Waals surface area (Å²) in [5, 5.41) is 38.5. The first-order valence-corrected chi connectivity index (χ1v) is 7.35. The number of benzene rings is 1. The van der Waals surface area contributed by atoms with Crippen LogP contribution in [0.1, 0.15) is 27.0 Å². The van der Waals surface area contributed by atoms with Crippen LogP contribution in [0.25, 0.3) is 0 Å². The standard InChI is InChI=1S/C16H22O7/c1-7-4-8(2)11(9(3)5-7)15(21)23-16-14(20)13(19)12(18)10(6-17)22-16/h4-5,10,12-14,16-20H,6H2,1-3H3/t10-,12+,13+,14-,16-/m1/s1. The molecule has 0 aromatic heterocycles. The van der Waals surface area contributed by atoms with Crippen LogP contribution in [0.4, 0.5) is 0 Å². The van der Waals surface area contributed by atoms with Crippen LogP contribution in [0.2, 0.25) is 0 Å². The van der Waals surface area contributed by atoms with Crippen LogP contribution in [0.3, 0.4) is 0 Å². The number of aliphatic hydroxyl groups excluding tert-OH is 4. The van der Waals surface area contributed by atoms with E-state index in [-0.39, 0.29) is 0 Å². The third kappa shape index (κ3) is 3.54. The van der Waals surface area contributed by atoms with Gasteiger partial charge in [0.2, 0.25) is 6.29 Å². The van der Waals surface area contributed by atoms with Crippen LogP contribution in [0.5, 0.6) is 0 Å². The highest BCUT2D eigenvalue weighted by Gasteiger charge is 2.45. The zero-order valence-corrected chi connectivity index (χ0v) is 13.3. The number of esters is 1. The van der Waals surface area contributed by atoms with Crippen LogP contribution < -0.4 is 0 Å². The van der Waals surface area contributed by atoms with Gasteiger partial charge in [0.15, 0.2) is 0 Å². The monoisotopic (exact) mass is 326 g/mol. The molecule has 7 nitrogen and oxygen atoms in total. The van der Waals surface area contributed by atoms with Crippen molar-refractivity contribution >= 4 is 5.97 Å². The molecule has 0 amide bonds. The topological polar surface area (TPSA) is 116 Å². The zero-order chi connectivity index (χ0) is 17.3. The number of carbonyl (C=O) groups is 1. The summed E-state index contributed by atoms with van der Waals surface area (Å²) in [6, 6.07) is 3.66. The Bertz CT molecular complexity index is 561. The maximum absolute atomic E-state index is 12.4. The number of ether oxygens (including phenoxy) is 2. The fraction of sp³-hybridized carbons (Fsp3) is 0.562. The predicted molar refractivity (Wildman–Crippen MR) is 79.8 cm³/mol. The van der Waals surface area contributed by atoms with Gasteiger partial charge in [-0.15, -0.1) is 0 Å². The Labute approximate surface area is 134 Å². The third-order valence-electron chi connectivity index (χ3n) is 3.95. The van der Waals surface area contributed by atoms with Gasteiger partial charge in [0.25, 0.3) is 0 Å². The molecule has 23 heavy (non-hydrogen) atoms. The summed E-state index contributed by atoms with van der Waals surface area (Å²) in [4.78, 5) is 12.4. The molecule has 4 N–H and O–H groups in total. The molecule has 1 saturated heterocycles. The molecule has 1 aliphatic heterocycles. The average molecular weight is 326 g/mol. The summed E-state index contributed by atoms with van der Waals surface area (Å²) in [5.74, 6) is -0.704. The van der Waals surface area contributed by atoms with Crippen molar-refractivity contribution < 1.29 is 34.7 Å². The van der Waals surface area contributed by atoms with Gasteiger partial charge in [0, 0.05) is 0 Å². The number of rotatable bonds is 3. The Kier molecular flexibility index (Phi) is 5.38. The highest BCUT2D eigenvalue weighted by Crippen LogP contribution is 2.24. The molecular formula is C16H22O7. The fourth-order valence-electron chi connectivity index (χ4n) is 2.83. The van der Waals surface area contributed by atoms with Gasteiger partial charge in [0.1, 0.15) is 24.4 Å². The second kappa shape index (κ2) is 6.94. The van der Waals surface area contributed by atoms with Crippen molar-refractivity contribution in [2.45, 2.75) is 51.5 Å². The van der Waals surface area contributed by atoms with Gasteiger partial charge < -0.3 is 29.9 Å². The molecule has 0 spiro atoms. The normalized spacial score (nSPS) is 31.0. The van der Waals surface area contributed by atoms with Crippen molar-refractivity contribution in [2.24, 2.45) is 0 Å². The quantitative estimate of drug-likeness (QED) is 0.557. The summed E-state index contributed by atoms with van der Waals surface area (Å²) in [7, 11) is 0. The Balaban J connectivity index is 2.20. The lowest BCUT2D eigenvalue weighted by molar-refractivity contribution is -0.285. The minimum absolute atomic E-state index is 0.354. The molecule has 0 radical (unpaired) electrons. The van der Waals surface area contributed by atoms with Crippen LogP contribution in [0.15, 0.2) is 12.1 Å². The van der Waals surface area contributed by atoms with Crippen LogP contribution in [-0.4, -0.2) is 63.7 Å². The second-order valence-electron chi connectivity index (χ2n) is 5.88. The summed E-state index contributed by atoms with van der Waals surface area (Å²) in [6.07, 6.45) is -7.28. The Morgan fingerprint density at radius 3 is 2.17 bits per heavy atom. The molecule has 5 atom stereocenters. The van der Waals surface area contributed by atoms with E-state index in [0.717, 1.165) is 16.7 Å². The van der Waals surface area contributed by atoms with Gasteiger partial charge in [-0.1, -0.05) is 17.7 Å². The van der Waals surface area contributed by atoms with E-state index in [9.17, 15) is 20.1 Å². The maximum Gasteiger partial charge on any atom is 0.341 e. The first-order chi connectivity index (χ1) is 10.8. The Hall–Kier alpha value is -1.51. The fourth-order valence-corrected chi connectivity index (χ4v) is 2.83. The van der Waals surface area contributed by atoms with Gasteiger partial charge in [-0.2, -0.15) is 0 Å². The van der Waals surface area contributed by atoms with E-state index in [4.69, 9.17) is 14.6 Å². The third-order valence-corrected chi connectivity index (χ3v) is 3.95. The van der Waals surface area contributed by atoms with Crippen molar-refractivity contribution in [3.63, 3.8) is 0 Å². The molecule has 0 aliphatic carbocycles. The summed E-state index contributed by atoms with van der Waals surface area (Å²) in [5.41, 5.74) is 2.80. The van der Waals surface area contributed by atoms with Crippen molar-refractivity contribution in [3.8, 4) is 0 Å². The van der Waals surface area contributed by atoms with Gasteiger partial charge in [-0.25, -0.2) is 4.79 Å². The van der Waals surface area contributed by atoms with Gasteiger partial charge in [-0.3, -0.25) is 0 Å². The molecule has 0 saturated carbocycles. The molecule has 0 bridgehead atoms. The lowest BCUT2D eigenvalue weighted by Crippen LogP contribution is -2.59. The molecule has 7 heteroatoms. The summed E-state index contributed by atoms with van der Waals surface area (Å²) in [6.45, 7) is 4.86. The van der Waals surface area contributed by atoms with Crippen LogP contribution >= 0.6 is 0 Å². The summed E-state index contributed by atoms with van der Waals surface area (Å²) < 4.78 is 10.3. The molecule has 1 fully saturated rings. The number of hydrogen-bond donors (Lipinski definition) is 4. The molecule has 1 aliphatic rings.